The first kappa shape index (κ1) is 14.2. The molecule has 0 aromatic carbocycles. The summed E-state index contributed by atoms with van der Waals surface area (Å²) >= 11 is 4.96. The predicted molar refractivity (Wildman–Crippen MR) is 82.3 cm³/mol. The number of thiocarbonyl (C=S) groups is 1. The quantitative estimate of drug-likeness (QED) is 0.811. The van der Waals surface area contributed by atoms with E-state index in [1.807, 2.05) is 13.0 Å². The fraction of sp³-hybridized carbons (Fsp3) is 0.643. The summed E-state index contributed by atoms with van der Waals surface area (Å²) < 4.78 is 0. The fourth-order valence-corrected chi connectivity index (χ4v) is 2.74. The maximum absolute atomic E-state index is 5.61. The molecule has 1 aliphatic rings. The van der Waals surface area contributed by atoms with Gasteiger partial charge in [0.1, 0.15) is 10.7 Å². The smallest absolute Gasteiger partial charge is 0.223 e. The molecule has 0 amide bonds. The summed E-state index contributed by atoms with van der Waals surface area (Å²) in [7, 11) is 0. The Kier molecular flexibility index (Phi) is 5.07. The van der Waals surface area contributed by atoms with Crippen molar-refractivity contribution in [2.45, 2.75) is 45.4 Å². The van der Waals surface area contributed by atoms with Crippen molar-refractivity contribution in [3.05, 3.63) is 17.5 Å². The van der Waals surface area contributed by atoms with E-state index in [0.29, 0.717) is 16.6 Å². The van der Waals surface area contributed by atoms with Crippen molar-refractivity contribution in [1.82, 2.24) is 9.97 Å². The van der Waals surface area contributed by atoms with Gasteiger partial charge in [0.05, 0.1) is 0 Å². The molecule has 1 aromatic rings. The second kappa shape index (κ2) is 6.80. The van der Waals surface area contributed by atoms with Crippen molar-refractivity contribution in [2.75, 3.05) is 11.9 Å². The number of aromatic nitrogens is 2. The molecule has 5 heteroatoms. The van der Waals surface area contributed by atoms with Gasteiger partial charge in [0, 0.05) is 12.2 Å². The molecule has 4 nitrogen and oxygen atoms in total. The van der Waals surface area contributed by atoms with Gasteiger partial charge in [-0.25, -0.2) is 9.97 Å². The average Bonchev–Trinajstić information content (AvgIpc) is 2.39. The van der Waals surface area contributed by atoms with Crippen LogP contribution < -0.4 is 11.1 Å². The summed E-state index contributed by atoms with van der Waals surface area (Å²) in [5, 5.41) is 3.29. The standard InChI is InChI=1S/C14H22N4S/c1-10-9-12(13(15)19)18-14(17-10)16-8-7-11-5-3-2-4-6-11/h9,11H,2-8H2,1H3,(H2,15,19)(H,16,17,18). The molecule has 0 unspecified atom stereocenters. The Labute approximate surface area is 120 Å². The number of nitrogens with one attached hydrogen (secondary N) is 1. The van der Waals surface area contributed by atoms with Crippen molar-refractivity contribution in [3.63, 3.8) is 0 Å². The fourth-order valence-electron chi connectivity index (χ4n) is 2.64. The van der Waals surface area contributed by atoms with Gasteiger partial charge in [-0.15, -0.1) is 0 Å². The Balaban J connectivity index is 1.86. The zero-order valence-electron chi connectivity index (χ0n) is 11.5. The summed E-state index contributed by atoms with van der Waals surface area (Å²) in [6.45, 7) is 2.85. The summed E-state index contributed by atoms with van der Waals surface area (Å²) in [6, 6.07) is 1.81. The van der Waals surface area contributed by atoms with Crippen molar-refractivity contribution >= 4 is 23.2 Å². The molecule has 0 radical (unpaired) electrons. The van der Waals surface area contributed by atoms with Crippen LogP contribution in [0.15, 0.2) is 6.07 Å². The number of hydrogen-bond donors (Lipinski definition) is 2. The van der Waals surface area contributed by atoms with Crippen LogP contribution in [0, 0.1) is 12.8 Å². The minimum atomic E-state index is 0.320. The number of hydrogen-bond acceptors (Lipinski definition) is 4. The lowest BCUT2D eigenvalue weighted by atomic mass is 9.87. The Bertz CT molecular complexity index is 441. The molecular weight excluding hydrogens is 256 g/mol. The van der Waals surface area contributed by atoms with Gasteiger partial charge >= 0.3 is 0 Å². The third kappa shape index (κ3) is 4.42. The Morgan fingerprint density at radius 2 is 2.11 bits per heavy atom. The molecule has 2 rings (SSSR count). The third-order valence-corrected chi connectivity index (χ3v) is 3.88. The number of anilines is 1. The summed E-state index contributed by atoms with van der Waals surface area (Å²) in [5.41, 5.74) is 7.14. The maximum Gasteiger partial charge on any atom is 0.223 e. The van der Waals surface area contributed by atoms with Crippen LogP contribution >= 0.6 is 12.2 Å². The third-order valence-electron chi connectivity index (χ3n) is 3.67. The van der Waals surface area contributed by atoms with Gasteiger partial charge in [0.2, 0.25) is 5.95 Å². The van der Waals surface area contributed by atoms with Gasteiger partial charge in [-0.05, 0) is 25.3 Å². The summed E-state index contributed by atoms with van der Waals surface area (Å²) in [6.07, 6.45) is 8.11. The monoisotopic (exact) mass is 278 g/mol. The second-order valence-electron chi connectivity index (χ2n) is 5.30. The van der Waals surface area contributed by atoms with Gasteiger partial charge < -0.3 is 11.1 Å². The Hall–Kier alpha value is -1.23. The summed E-state index contributed by atoms with van der Waals surface area (Å²) in [5.74, 6) is 1.50. The van der Waals surface area contributed by atoms with Crippen LogP contribution in [0.25, 0.3) is 0 Å². The van der Waals surface area contributed by atoms with E-state index in [-0.39, 0.29) is 0 Å². The lowest BCUT2D eigenvalue weighted by Gasteiger charge is -2.21. The minimum absolute atomic E-state index is 0.320. The van der Waals surface area contributed by atoms with Crippen molar-refractivity contribution < 1.29 is 0 Å². The van der Waals surface area contributed by atoms with E-state index in [0.717, 1.165) is 18.2 Å². The molecule has 0 aliphatic heterocycles. The van der Waals surface area contributed by atoms with Crippen LogP contribution in [0.4, 0.5) is 5.95 Å². The van der Waals surface area contributed by atoms with E-state index in [1.54, 1.807) is 0 Å². The highest BCUT2D eigenvalue weighted by Gasteiger charge is 2.13. The second-order valence-corrected chi connectivity index (χ2v) is 5.74. The molecule has 1 fully saturated rings. The highest BCUT2D eigenvalue weighted by Crippen LogP contribution is 2.26. The molecule has 3 N–H and O–H groups in total. The molecule has 19 heavy (non-hydrogen) atoms. The van der Waals surface area contributed by atoms with Crippen molar-refractivity contribution in [2.24, 2.45) is 11.7 Å². The number of aryl methyl sites for hydroxylation is 1. The summed E-state index contributed by atoms with van der Waals surface area (Å²) in [4.78, 5) is 9.01. The highest BCUT2D eigenvalue weighted by atomic mass is 32.1. The Morgan fingerprint density at radius 3 is 2.79 bits per heavy atom. The largest absolute Gasteiger partial charge is 0.388 e. The van der Waals surface area contributed by atoms with E-state index < -0.39 is 0 Å². The molecule has 0 bridgehead atoms. The van der Waals surface area contributed by atoms with Crippen LogP contribution in [-0.4, -0.2) is 21.5 Å². The highest BCUT2D eigenvalue weighted by molar-refractivity contribution is 7.80. The van der Waals surface area contributed by atoms with Crippen LogP contribution in [0.3, 0.4) is 0 Å². The van der Waals surface area contributed by atoms with E-state index in [4.69, 9.17) is 18.0 Å². The van der Waals surface area contributed by atoms with Gasteiger partial charge in [-0.1, -0.05) is 44.3 Å². The molecule has 1 heterocycles. The number of nitrogens with two attached hydrogens (primary N) is 1. The zero-order valence-corrected chi connectivity index (χ0v) is 12.3. The average molecular weight is 278 g/mol. The molecule has 0 spiro atoms. The lowest BCUT2D eigenvalue weighted by molar-refractivity contribution is 0.345. The number of nitrogens with zero attached hydrogens (tertiary/aromatic N) is 2. The van der Waals surface area contributed by atoms with Crippen LogP contribution in [-0.2, 0) is 0 Å². The predicted octanol–water partition coefficient (Wildman–Crippen LogP) is 2.80. The Morgan fingerprint density at radius 1 is 1.37 bits per heavy atom. The van der Waals surface area contributed by atoms with Crippen molar-refractivity contribution in [3.8, 4) is 0 Å². The molecule has 1 saturated carbocycles. The normalized spacial score (nSPS) is 16.3. The SMILES string of the molecule is Cc1cc(C(N)=S)nc(NCCC2CCCCC2)n1. The first-order valence-corrected chi connectivity index (χ1v) is 7.45. The first-order valence-electron chi connectivity index (χ1n) is 7.04. The van der Waals surface area contributed by atoms with Crippen LogP contribution in [0.5, 0.6) is 0 Å². The lowest BCUT2D eigenvalue weighted by Crippen LogP contribution is -2.16. The topological polar surface area (TPSA) is 63.8 Å². The van der Waals surface area contributed by atoms with Gasteiger partial charge in [-0.3, -0.25) is 0 Å². The van der Waals surface area contributed by atoms with E-state index in [9.17, 15) is 0 Å². The molecule has 104 valence electrons. The molecule has 0 saturated heterocycles. The molecule has 1 aliphatic carbocycles. The zero-order chi connectivity index (χ0) is 13.7. The van der Waals surface area contributed by atoms with Crippen LogP contribution in [0.1, 0.15) is 49.9 Å². The van der Waals surface area contributed by atoms with Crippen LogP contribution in [0.2, 0.25) is 0 Å². The van der Waals surface area contributed by atoms with Gasteiger partial charge in [-0.2, -0.15) is 0 Å². The maximum atomic E-state index is 5.61. The van der Waals surface area contributed by atoms with Crippen molar-refractivity contribution in [1.29, 1.82) is 0 Å². The molecule has 1 aromatic heterocycles. The van der Waals surface area contributed by atoms with E-state index in [1.165, 1.54) is 38.5 Å². The minimum Gasteiger partial charge on any atom is -0.388 e. The first-order chi connectivity index (χ1) is 9.15. The van der Waals surface area contributed by atoms with E-state index >= 15 is 0 Å². The van der Waals surface area contributed by atoms with Gasteiger partial charge in [0.25, 0.3) is 0 Å². The van der Waals surface area contributed by atoms with E-state index in [2.05, 4.69) is 15.3 Å². The number of rotatable bonds is 5. The van der Waals surface area contributed by atoms with Gasteiger partial charge in [0.15, 0.2) is 0 Å². The molecule has 0 atom stereocenters. The molecular formula is C14H22N4S.